The summed E-state index contributed by atoms with van der Waals surface area (Å²) in [5.74, 6) is -5.94. The molecule has 1 aliphatic rings. The maximum atomic E-state index is 13.8. The van der Waals surface area contributed by atoms with E-state index in [0.717, 1.165) is 12.1 Å². The third kappa shape index (κ3) is 2.93. The summed E-state index contributed by atoms with van der Waals surface area (Å²) in [4.78, 5) is 10.8. The molecule has 0 bridgehead atoms. The third-order valence-electron chi connectivity index (χ3n) is 4.37. The van der Waals surface area contributed by atoms with E-state index < -0.39 is 35.8 Å². The summed E-state index contributed by atoms with van der Waals surface area (Å²) < 4.78 is 44.3. The molecule has 1 aliphatic heterocycles. The minimum absolute atomic E-state index is 0.226. The first-order valence-electron chi connectivity index (χ1n) is 7.07. The van der Waals surface area contributed by atoms with Gasteiger partial charge in [-0.3, -0.25) is 0 Å². The Labute approximate surface area is 133 Å². The lowest BCUT2D eigenvalue weighted by Gasteiger charge is -2.32. The number of carboxylic acid groups (broad SMARTS) is 1. The smallest absolute Gasteiger partial charge is 0.497 e. The van der Waals surface area contributed by atoms with Crippen molar-refractivity contribution < 1.29 is 32.7 Å². The molecule has 8 heteroatoms. The lowest BCUT2D eigenvalue weighted by molar-refractivity contribution is -0.166. The highest BCUT2D eigenvalue weighted by molar-refractivity contribution is 6.63. The SMILES string of the molecule is COc1ccc(C(F)(F)C(=O)O)cc1B1OC(C)(C)C(C)(C)O1. The molecule has 23 heavy (non-hydrogen) atoms. The van der Waals surface area contributed by atoms with Crippen LogP contribution in [-0.4, -0.2) is 36.5 Å². The van der Waals surface area contributed by atoms with Gasteiger partial charge in [0.2, 0.25) is 0 Å². The predicted molar refractivity (Wildman–Crippen MR) is 80.2 cm³/mol. The molecule has 0 atom stereocenters. The second-order valence-electron chi connectivity index (χ2n) is 6.42. The molecule has 1 aromatic carbocycles. The van der Waals surface area contributed by atoms with Crippen molar-refractivity contribution in [3.63, 3.8) is 0 Å². The number of carboxylic acids is 1. The van der Waals surface area contributed by atoms with Crippen molar-refractivity contribution in [3.8, 4) is 5.75 Å². The minimum atomic E-state index is -4.01. The standard InChI is InChI=1S/C15H19BF2O5/c1-13(2)14(3,4)23-16(22-13)10-8-9(6-7-11(10)21-5)15(17,18)12(19)20/h6-8H,1-5H3,(H,19,20). The Morgan fingerprint density at radius 3 is 2.17 bits per heavy atom. The molecule has 0 amide bonds. The maximum Gasteiger partial charge on any atom is 0.498 e. The highest BCUT2D eigenvalue weighted by atomic mass is 19.3. The van der Waals surface area contributed by atoms with Crippen LogP contribution in [0.5, 0.6) is 5.75 Å². The maximum absolute atomic E-state index is 13.8. The number of aliphatic carboxylic acids is 1. The van der Waals surface area contributed by atoms with E-state index in [-0.39, 0.29) is 11.2 Å². The molecule has 5 nitrogen and oxygen atoms in total. The topological polar surface area (TPSA) is 65.0 Å². The van der Waals surface area contributed by atoms with E-state index >= 15 is 0 Å². The average molecular weight is 328 g/mol. The number of methoxy groups -OCH3 is 1. The molecule has 0 aliphatic carbocycles. The lowest BCUT2D eigenvalue weighted by Crippen LogP contribution is -2.41. The van der Waals surface area contributed by atoms with Crippen LogP contribution >= 0.6 is 0 Å². The molecule has 1 heterocycles. The summed E-state index contributed by atoms with van der Waals surface area (Å²) in [5.41, 5.74) is -1.75. The van der Waals surface area contributed by atoms with E-state index in [0.29, 0.717) is 0 Å². The highest BCUT2D eigenvalue weighted by Gasteiger charge is 2.53. The monoisotopic (exact) mass is 328 g/mol. The number of carbonyl (C=O) groups is 1. The Bertz CT molecular complexity index is 614. The fourth-order valence-electron chi connectivity index (χ4n) is 2.21. The Morgan fingerprint density at radius 2 is 1.74 bits per heavy atom. The van der Waals surface area contributed by atoms with Crippen molar-refractivity contribution in [2.45, 2.75) is 44.8 Å². The minimum Gasteiger partial charge on any atom is -0.497 e. The quantitative estimate of drug-likeness (QED) is 0.858. The van der Waals surface area contributed by atoms with Crippen molar-refractivity contribution in [2.75, 3.05) is 7.11 Å². The van der Waals surface area contributed by atoms with E-state index in [2.05, 4.69) is 0 Å². The number of alkyl halides is 2. The average Bonchev–Trinajstić information content (AvgIpc) is 2.66. The van der Waals surface area contributed by atoms with Crippen LogP contribution in [0.25, 0.3) is 0 Å². The van der Waals surface area contributed by atoms with Crippen molar-refractivity contribution in [2.24, 2.45) is 0 Å². The first-order valence-corrected chi connectivity index (χ1v) is 7.07. The lowest BCUT2D eigenvalue weighted by atomic mass is 9.77. The normalized spacial score (nSPS) is 19.7. The summed E-state index contributed by atoms with van der Waals surface area (Å²) in [5, 5.41) is 8.70. The van der Waals surface area contributed by atoms with Crippen molar-refractivity contribution in [1.82, 2.24) is 0 Å². The summed E-state index contributed by atoms with van der Waals surface area (Å²) in [6, 6.07) is 3.35. The molecule has 1 fully saturated rings. The molecule has 0 unspecified atom stereocenters. The molecule has 0 radical (unpaired) electrons. The van der Waals surface area contributed by atoms with Gasteiger partial charge >= 0.3 is 19.0 Å². The van der Waals surface area contributed by atoms with E-state index in [9.17, 15) is 13.6 Å². The second-order valence-corrected chi connectivity index (χ2v) is 6.42. The van der Waals surface area contributed by atoms with E-state index in [1.54, 1.807) is 0 Å². The first kappa shape index (κ1) is 17.7. The summed E-state index contributed by atoms with van der Waals surface area (Å²) in [6.07, 6.45) is 0. The second kappa shape index (κ2) is 5.45. The van der Waals surface area contributed by atoms with Gasteiger partial charge in [-0.1, -0.05) is 0 Å². The van der Waals surface area contributed by atoms with E-state index in [1.165, 1.54) is 13.2 Å². The molecule has 126 valence electrons. The molecule has 2 rings (SSSR count). The van der Waals surface area contributed by atoms with E-state index in [1.807, 2.05) is 27.7 Å². The van der Waals surface area contributed by atoms with Gasteiger partial charge in [0, 0.05) is 11.0 Å². The number of ether oxygens (including phenoxy) is 1. The van der Waals surface area contributed by atoms with Gasteiger partial charge in [-0.2, -0.15) is 8.78 Å². The van der Waals surface area contributed by atoms with Crippen LogP contribution in [0.1, 0.15) is 33.3 Å². The van der Waals surface area contributed by atoms with Gasteiger partial charge in [-0.15, -0.1) is 0 Å². The highest BCUT2D eigenvalue weighted by Crippen LogP contribution is 2.38. The molecule has 1 saturated heterocycles. The van der Waals surface area contributed by atoms with Crippen molar-refractivity contribution in [3.05, 3.63) is 23.8 Å². The molecule has 1 N–H and O–H groups in total. The zero-order valence-electron chi connectivity index (χ0n) is 13.6. The summed E-state index contributed by atoms with van der Waals surface area (Å²) in [7, 11) is 0.457. The van der Waals surface area contributed by atoms with Crippen molar-refractivity contribution in [1.29, 1.82) is 0 Å². The van der Waals surface area contributed by atoms with Crippen LogP contribution in [0.4, 0.5) is 8.78 Å². The molecule has 0 spiro atoms. The van der Waals surface area contributed by atoms with Crippen LogP contribution in [-0.2, 0) is 20.0 Å². The van der Waals surface area contributed by atoms with Gasteiger partial charge in [-0.05, 0) is 45.9 Å². The van der Waals surface area contributed by atoms with E-state index in [4.69, 9.17) is 19.2 Å². The zero-order valence-corrected chi connectivity index (χ0v) is 13.6. The van der Waals surface area contributed by atoms with Crippen LogP contribution in [0.2, 0.25) is 0 Å². The Hall–Kier alpha value is -1.67. The Kier molecular flexibility index (Phi) is 4.19. The van der Waals surface area contributed by atoms with Gasteiger partial charge in [-0.25, -0.2) is 4.79 Å². The van der Waals surface area contributed by atoms with Crippen LogP contribution < -0.4 is 10.2 Å². The Balaban J connectivity index is 2.48. The number of hydrogen-bond donors (Lipinski definition) is 1. The zero-order chi connectivity index (χ0) is 17.6. The largest absolute Gasteiger partial charge is 0.498 e. The molecule has 0 saturated carbocycles. The van der Waals surface area contributed by atoms with Gasteiger partial charge in [0.15, 0.2) is 0 Å². The van der Waals surface area contributed by atoms with Crippen molar-refractivity contribution >= 4 is 18.6 Å². The van der Waals surface area contributed by atoms with Gasteiger partial charge in [0.1, 0.15) is 5.75 Å². The summed E-state index contributed by atoms with van der Waals surface area (Å²) in [6.45, 7) is 7.31. The molecular formula is C15H19BF2O5. The predicted octanol–water partition coefficient (Wildman–Crippen LogP) is 2.17. The number of rotatable bonds is 4. The molecule has 0 aromatic heterocycles. The fourth-order valence-corrected chi connectivity index (χ4v) is 2.21. The van der Waals surface area contributed by atoms with Crippen LogP contribution in [0, 0.1) is 0 Å². The van der Waals surface area contributed by atoms with Crippen LogP contribution in [0.15, 0.2) is 18.2 Å². The third-order valence-corrected chi connectivity index (χ3v) is 4.37. The number of hydrogen-bond acceptors (Lipinski definition) is 4. The first-order chi connectivity index (χ1) is 10.4. The van der Waals surface area contributed by atoms with Gasteiger partial charge < -0.3 is 19.2 Å². The molecular weight excluding hydrogens is 309 g/mol. The fraction of sp³-hybridized carbons (Fsp3) is 0.533. The number of halogens is 2. The van der Waals surface area contributed by atoms with Gasteiger partial charge in [0.05, 0.1) is 18.3 Å². The molecule has 1 aromatic rings. The number of benzene rings is 1. The van der Waals surface area contributed by atoms with Gasteiger partial charge in [0.25, 0.3) is 0 Å². The Morgan fingerprint density at radius 1 is 1.22 bits per heavy atom. The van der Waals surface area contributed by atoms with Crippen LogP contribution in [0.3, 0.4) is 0 Å². The summed E-state index contributed by atoms with van der Waals surface area (Å²) >= 11 is 0.